The fourth-order valence-electron chi connectivity index (χ4n) is 2.23. The predicted octanol–water partition coefficient (Wildman–Crippen LogP) is 3.66. The maximum atomic E-state index is 13.4. The van der Waals surface area contributed by atoms with Gasteiger partial charge in [-0.15, -0.1) is 0 Å². The first-order valence-electron chi connectivity index (χ1n) is 6.71. The van der Waals surface area contributed by atoms with Gasteiger partial charge in [0.2, 0.25) is 0 Å². The van der Waals surface area contributed by atoms with Gasteiger partial charge in [-0.2, -0.15) is 0 Å². The van der Waals surface area contributed by atoms with Crippen molar-refractivity contribution in [1.29, 1.82) is 0 Å². The Morgan fingerprint density at radius 3 is 2.40 bits per heavy atom. The number of hydrogen-bond donors (Lipinski definition) is 1. The molecule has 1 atom stereocenters. The van der Waals surface area contributed by atoms with Crippen LogP contribution < -0.4 is 5.73 Å². The molecule has 20 heavy (non-hydrogen) atoms. The molecule has 106 valence electrons. The maximum absolute atomic E-state index is 13.4. The number of benzene rings is 2. The Kier molecular flexibility index (Phi) is 4.88. The van der Waals surface area contributed by atoms with E-state index in [4.69, 9.17) is 10.5 Å². The smallest absolute Gasteiger partial charge is 0.128 e. The van der Waals surface area contributed by atoms with Crippen LogP contribution in [0.1, 0.15) is 28.3 Å². The average molecular weight is 273 g/mol. The molecule has 0 radical (unpaired) electrons. The van der Waals surface area contributed by atoms with Gasteiger partial charge in [-0.3, -0.25) is 0 Å². The van der Waals surface area contributed by atoms with Crippen LogP contribution in [-0.4, -0.2) is 6.61 Å². The van der Waals surface area contributed by atoms with Gasteiger partial charge in [0, 0.05) is 5.56 Å². The summed E-state index contributed by atoms with van der Waals surface area (Å²) in [5.74, 6) is -0.243. The molecule has 0 saturated heterocycles. The van der Waals surface area contributed by atoms with Crippen LogP contribution in [0.15, 0.2) is 42.5 Å². The number of nitrogens with two attached hydrogens (primary N) is 1. The third kappa shape index (κ3) is 3.89. The molecule has 0 amide bonds. The van der Waals surface area contributed by atoms with Crippen molar-refractivity contribution >= 4 is 0 Å². The van der Waals surface area contributed by atoms with E-state index in [9.17, 15) is 4.39 Å². The van der Waals surface area contributed by atoms with Crippen LogP contribution in [0.25, 0.3) is 0 Å². The highest BCUT2D eigenvalue weighted by molar-refractivity contribution is 5.30. The van der Waals surface area contributed by atoms with Crippen LogP contribution in [0.5, 0.6) is 0 Å². The second-order valence-electron chi connectivity index (χ2n) is 5.13. The van der Waals surface area contributed by atoms with Crippen molar-refractivity contribution in [3.63, 3.8) is 0 Å². The summed E-state index contributed by atoms with van der Waals surface area (Å²) >= 11 is 0. The molecule has 2 nitrogen and oxygen atoms in total. The second-order valence-corrected chi connectivity index (χ2v) is 5.13. The maximum Gasteiger partial charge on any atom is 0.128 e. The lowest BCUT2D eigenvalue weighted by atomic mass is 10.0. The summed E-state index contributed by atoms with van der Waals surface area (Å²) in [6, 6.07) is 12.6. The van der Waals surface area contributed by atoms with E-state index in [1.54, 1.807) is 18.2 Å². The number of halogens is 1. The van der Waals surface area contributed by atoms with Gasteiger partial charge in [-0.25, -0.2) is 4.39 Å². The minimum absolute atomic E-state index is 0.194. The molecule has 2 aromatic rings. The summed E-state index contributed by atoms with van der Waals surface area (Å²) in [7, 11) is 0. The molecule has 0 aliphatic heterocycles. The third-order valence-corrected chi connectivity index (χ3v) is 3.18. The quantitative estimate of drug-likeness (QED) is 0.902. The van der Waals surface area contributed by atoms with Crippen molar-refractivity contribution in [2.45, 2.75) is 26.5 Å². The van der Waals surface area contributed by atoms with E-state index in [1.807, 2.05) is 13.8 Å². The predicted molar refractivity (Wildman–Crippen MR) is 78.9 cm³/mol. The monoisotopic (exact) mass is 273 g/mol. The SMILES string of the molecule is Cc1cc(C)cc(C(N)COCc2ccccc2F)c1. The Labute approximate surface area is 119 Å². The third-order valence-electron chi connectivity index (χ3n) is 3.18. The van der Waals surface area contributed by atoms with Crippen molar-refractivity contribution in [3.8, 4) is 0 Å². The zero-order valence-electron chi connectivity index (χ0n) is 11.9. The lowest BCUT2D eigenvalue weighted by Gasteiger charge is -2.14. The second kappa shape index (κ2) is 6.64. The van der Waals surface area contributed by atoms with Crippen molar-refractivity contribution in [1.82, 2.24) is 0 Å². The molecule has 2 rings (SSSR count). The van der Waals surface area contributed by atoms with Gasteiger partial charge in [-0.05, 0) is 25.5 Å². The Hall–Kier alpha value is -1.71. The zero-order chi connectivity index (χ0) is 14.5. The van der Waals surface area contributed by atoms with Crippen LogP contribution in [0, 0.1) is 19.7 Å². The highest BCUT2D eigenvalue weighted by Gasteiger charge is 2.08. The number of rotatable bonds is 5. The van der Waals surface area contributed by atoms with Crippen LogP contribution in [0.3, 0.4) is 0 Å². The van der Waals surface area contributed by atoms with Gasteiger partial charge >= 0.3 is 0 Å². The summed E-state index contributed by atoms with van der Waals surface area (Å²) in [6.45, 7) is 4.70. The molecule has 0 aliphatic carbocycles. The molecule has 0 aliphatic rings. The largest absolute Gasteiger partial charge is 0.375 e. The van der Waals surface area contributed by atoms with Crippen molar-refractivity contribution in [3.05, 3.63) is 70.5 Å². The van der Waals surface area contributed by atoms with Gasteiger partial charge in [-0.1, -0.05) is 47.5 Å². The first kappa shape index (κ1) is 14.7. The fraction of sp³-hybridized carbons (Fsp3) is 0.294. The fourth-order valence-corrected chi connectivity index (χ4v) is 2.23. The first-order valence-corrected chi connectivity index (χ1v) is 6.71. The highest BCUT2D eigenvalue weighted by atomic mass is 19.1. The molecule has 1 unspecified atom stereocenters. The molecule has 0 spiro atoms. The summed E-state index contributed by atoms with van der Waals surface area (Å²) in [5.41, 5.74) is 10.1. The topological polar surface area (TPSA) is 35.2 Å². The molecule has 2 aromatic carbocycles. The van der Waals surface area contributed by atoms with E-state index in [0.29, 0.717) is 12.2 Å². The average Bonchev–Trinajstić information content (AvgIpc) is 2.39. The van der Waals surface area contributed by atoms with Crippen molar-refractivity contribution in [2.75, 3.05) is 6.61 Å². The van der Waals surface area contributed by atoms with Gasteiger partial charge in [0.1, 0.15) is 5.82 Å². The summed E-state index contributed by atoms with van der Waals surface area (Å²) in [4.78, 5) is 0. The summed E-state index contributed by atoms with van der Waals surface area (Å²) in [6.07, 6.45) is 0. The normalized spacial score (nSPS) is 12.4. The van der Waals surface area contributed by atoms with Crippen LogP contribution in [0.2, 0.25) is 0 Å². The van der Waals surface area contributed by atoms with Gasteiger partial charge < -0.3 is 10.5 Å². The van der Waals surface area contributed by atoms with Crippen LogP contribution in [-0.2, 0) is 11.3 Å². The van der Waals surface area contributed by atoms with E-state index in [2.05, 4.69) is 18.2 Å². The van der Waals surface area contributed by atoms with E-state index in [1.165, 1.54) is 17.2 Å². The highest BCUT2D eigenvalue weighted by Crippen LogP contribution is 2.16. The number of aryl methyl sites for hydroxylation is 2. The Morgan fingerprint density at radius 2 is 1.75 bits per heavy atom. The van der Waals surface area contributed by atoms with Gasteiger partial charge in [0.15, 0.2) is 0 Å². The van der Waals surface area contributed by atoms with Gasteiger partial charge in [0.25, 0.3) is 0 Å². The lowest BCUT2D eigenvalue weighted by molar-refractivity contribution is 0.106. The minimum Gasteiger partial charge on any atom is -0.375 e. The van der Waals surface area contributed by atoms with Gasteiger partial charge in [0.05, 0.1) is 19.3 Å². The standard InChI is InChI=1S/C17H20FNO/c1-12-7-13(2)9-15(8-12)17(19)11-20-10-14-5-3-4-6-16(14)18/h3-9,17H,10-11,19H2,1-2H3. The molecule has 0 fully saturated rings. The van der Waals surface area contributed by atoms with Crippen LogP contribution in [0.4, 0.5) is 4.39 Å². The number of ether oxygens (including phenoxy) is 1. The Morgan fingerprint density at radius 1 is 1.10 bits per heavy atom. The van der Waals surface area contributed by atoms with E-state index in [0.717, 1.165) is 5.56 Å². The summed E-state index contributed by atoms with van der Waals surface area (Å²) < 4.78 is 19.0. The molecular weight excluding hydrogens is 253 g/mol. The van der Waals surface area contributed by atoms with Crippen LogP contribution >= 0.6 is 0 Å². The Bertz CT molecular complexity index is 563. The minimum atomic E-state index is -0.243. The summed E-state index contributed by atoms with van der Waals surface area (Å²) in [5, 5.41) is 0. The van der Waals surface area contributed by atoms with Crippen molar-refractivity contribution < 1.29 is 9.13 Å². The lowest BCUT2D eigenvalue weighted by Crippen LogP contribution is -2.17. The molecule has 3 heteroatoms. The Balaban J connectivity index is 1.92. The molecule has 0 aromatic heterocycles. The molecule has 0 heterocycles. The van der Waals surface area contributed by atoms with Crippen molar-refractivity contribution in [2.24, 2.45) is 5.73 Å². The zero-order valence-corrected chi connectivity index (χ0v) is 11.9. The first-order chi connectivity index (χ1) is 9.56. The molecular formula is C17H20FNO. The molecule has 0 bridgehead atoms. The van der Waals surface area contributed by atoms with E-state index < -0.39 is 0 Å². The number of hydrogen-bond acceptors (Lipinski definition) is 2. The van der Waals surface area contributed by atoms with E-state index >= 15 is 0 Å². The molecule has 2 N–H and O–H groups in total. The van der Waals surface area contributed by atoms with E-state index in [-0.39, 0.29) is 18.5 Å². The molecule has 0 saturated carbocycles.